The maximum Gasteiger partial charge on any atom is 0.288 e. The lowest BCUT2D eigenvalue weighted by molar-refractivity contribution is 0.102. The van der Waals surface area contributed by atoms with E-state index in [9.17, 15) is 4.79 Å². The Morgan fingerprint density at radius 1 is 1.35 bits per heavy atom. The van der Waals surface area contributed by atoms with E-state index < -0.39 is 0 Å². The molecule has 2 rings (SSSR count). The van der Waals surface area contributed by atoms with Crippen LogP contribution in [0.3, 0.4) is 0 Å². The van der Waals surface area contributed by atoms with Gasteiger partial charge in [-0.05, 0) is 6.42 Å². The Labute approximate surface area is 105 Å². The van der Waals surface area contributed by atoms with Gasteiger partial charge in [-0.2, -0.15) is 0 Å². The largest absolute Gasteiger partial charge is 0.360 e. The van der Waals surface area contributed by atoms with E-state index in [0.29, 0.717) is 15.3 Å². The molecule has 17 heavy (non-hydrogen) atoms. The Kier molecular flexibility index (Phi) is 3.94. The SMILES string of the molecule is CCCNc1nnc(C(=O)Nc2nncs2)s1. The first kappa shape index (κ1) is 11.9. The van der Waals surface area contributed by atoms with Gasteiger partial charge in [-0.15, -0.1) is 20.4 Å². The van der Waals surface area contributed by atoms with E-state index in [1.165, 1.54) is 22.7 Å². The van der Waals surface area contributed by atoms with Gasteiger partial charge in [0.15, 0.2) is 0 Å². The lowest BCUT2D eigenvalue weighted by Gasteiger charge is -1.96. The summed E-state index contributed by atoms with van der Waals surface area (Å²) < 4.78 is 0. The zero-order valence-corrected chi connectivity index (χ0v) is 10.6. The highest BCUT2D eigenvalue weighted by Crippen LogP contribution is 2.17. The van der Waals surface area contributed by atoms with Crippen molar-refractivity contribution in [3.05, 3.63) is 10.5 Å². The van der Waals surface area contributed by atoms with Crippen LogP contribution in [0.2, 0.25) is 0 Å². The number of carbonyl (C=O) groups is 1. The first-order valence-corrected chi connectivity index (χ1v) is 6.64. The average Bonchev–Trinajstić information content (AvgIpc) is 2.96. The van der Waals surface area contributed by atoms with Crippen LogP contribution in [0.4, 0.5) is 10.3 Å². The zero-order chi connectivity index (χ0) is 12.1. The molecule has 2 heterocycles. The minimum atomic E-state index is -0.316. The van der Waals surface area contributed by atoms with Crippen molar-refractivity contribution in [2.45, 2.75) is 13.3 Å². The highest BCUT2D eigenvalue weighted by atomic mass is 32.1. The van der Waals surface area contributed by atoms with Gasteiger partial charge >= 0.3 is 0 Å². The van der Waals surface area contributed by atoms with Crippen molar-refractivity contribution in [1.82, 2.24) is 20.4 Å². The molecule has 0 fully saturated rings. The van der Waals surface area contributed by atoms with E-state index in [1.54, 1.807) is 5.51 Å². The Bertz CT molecular complexity index is 482. The summed E-state index contributed by atoms with van der Waals surface area (Å²) in [4.78, 5) is 11.7. The third kappa shape index (κ3) is 3.17. The topological polar surface area (TPSA) is 92.7 Å². The molecule has 0 aliphatic carbocycles. The predicted octanol–water partition coefficient (Wildman–Crippen LogP) is 1.46. The number of nitrogens with zero attached hydrogens (tertiary/aromatic N) is 4. The maximum atomic E-state index is 11.7. The zero-order valence-electron chi connectivity index (χ0n) is 9.01. The third-order valence-corrected chi connectivity index (χ3v) is 3.21. The Morgan fingerprint density at radius 3 is 2.94 bits per heavy atom. The lowest BCUT2D eigenvalue weighted by Crippen LogP contribution is -2.11. The van der Waals surface area contributed by atoms with Crippen LogP contribution in [0.15, 0.2) is 5.51 Å². The molecular weight excluding hydrogens is 260 g/mol. The number of anilines is 2. The predicted molar refractivity (Wildman–Crippen MR) is 66.6 cm³/mol. The molecule has 0 aliphatic rings. The number of nitrogens with one attached hydrogen (secondary N) is 2. The fraction of sp³-hybridized carbons (Fsp3) is 0.375. The average molecular weight is 270 g/mol. The van der Waals surface area contributed by atoms with Crippen LogP contribution >= 0.6 is 22.7 Å². The van der Waals surface area contributed by atoms with Gasteiger partial charge < -0.3 is 5.32 Å². The van der Waals surface area contributed by atoms with Crippen LogP contribution in [-0.4, -0.2) is 32.8 Å². The first-order valence-electron chi connectivity index (χ1n) is 4.94. The third-order valence-electron chi connectivity index (χ3n) is 1.73. The van der Waals surface area contributed by atoms with Crippen LogP contribution in [0.25, 0.3) is 0 Å². The fourth-order valence-corrected chi connectivity index (χ4v) is 2.10. The number of aromatic nitrogens is 4. The normalized spacial score (nSPS) is 10.2. The number of hydrogen-bond acceptors (Lipinski definition) is 8. The molecule has 90 valence electrons. The minimum absolute atomic E-state index is 0.304. The summed E-state index contributed by atoms with van der Waals surface area (Å²) in [5.41, 5.74) is 1.55. The second-order valence-electron chi connectivity index (χ2n) is 3.04. The number of amides is 1. The second-order valence-corrected chi connectivity index (χ2v) is 4.85. The smallest absolute Gasteiger partial charge is 0.288 e. The Morgan fingerprint density at radius 2 is 2.24 bits per heavy atom. The van der Waals surface area contributed by atoms with Crippen molar-refractivity contribution in [3.63, 3.8) is 0 Å². The molecule has 2 aromatic rings. The van der Waals surface area contributed by atoms with Crippen LogP contribution in [0.5, 0.6) is 0 Å². The van der Waals surface area contributed by atoms with Crippen molar-refractivity contribution in [2.75, 3.05) is 17.2 Å². The quantitative estimate of drug-likeness (QED) is 0.854. The van der Waals surface area contributed by atoms with E-state index in [0.717, 1.165) is 13.0 Å². The molecule has 0 aliphatic heterocycles. The molecule has 0 atom stereocenters. The maximum absolute atomic E-state index is 11.7. The molecule has 9 heteroatoms. The van der Waals surface area contributed by atoms with E-state index in [-0.39, 0.29) is 5.91 Å². The highest BCUT2D eigenvalue weighted by molar-refractivity contribution is 7.17. The molecule has 2 aromatic heterocycles. The molecule has 0 bridgehead atoms. The van der Waals surface area contributed by atoms with E-state index in [4.69, 9.17) is 0 Å². The molecule has 0 spiro atoms. The van der Waals surface area contributed by atoms with Gasteiger partial charge in [0.25, 0.3) is 5.91 Å². The molecule has 7 nitrogen and oxygen atoms in total. The van der Waals surface area contributed by atoms with E-state index in [1.807, 2.05) is 0 Å². The Hall–Kier alpha value is -1.61. The summed E-state index contributed by atoms with van der Waals surface area (Å²) in [5, 5.41) is 22.1. The summed E-state index contributed by atoms with van der Waals surface area (Å²) in [6, 6.07) is 0. The Balaban J connectivity index is 1.97. The van der Waals surface area contributed by atoms with Crippen molar-refractivity contribution >= 4 is 38.8 Å². The van der Waals surface area contributed by atoms with Crippen LogP contribution in [0, 0.1) is 0 Å². The van der Waals surface area contributed by atoms with Crippen molar-refractivity contribution in [3.8, 4) is 0 Å². The monoisotopic (exact) mass is 270 g/mol. The fourth-order valence-electron chi connectivity index (χ4n) is 0.996. The van der Waals surface area contributed by atoms with Gasteiger partial charge in [-0.25, -0.2) is 0 Å². The lowest BCUT2D eigenvalue weighted by atomic mass is 10.5. The highest BCUT2D eigenvalue weighted by Gasteiger charge is 2.13. The molecular formula is C8H10N6OS2. The van der Waals surface area contributed by atoms with Gasteiger partial charge in [0.1, 0.15) is 5.51 Å². The molecule has 2 N–H and O–H groups in total. The van der Waals surface area contributed by atoms with Crippen molar-refractivity contribution in [1.29, 1.82) is 0 Å². The van der Waals surface area contributed by atoms with Crippen LogP contribution in [0.1, 0.15) is 23.1 Å². The molecule has 0 saturated heterocycles. The summed E-state index contributed by atoms with van der Waals surface area (Å²) >= 11 is 2.47. The van der Waals surface area contributed by atoms with Gasteiger partial charge in [0.05, 0.1) is 0 Å². The molecule has 0 aromatic carbocycles. The minimum Gasteiger partial charge on any atom is -0.360 e. The standard InChI is InChI=1S/C8H10N6OS2/c1-2-3-9-7-14-12-6(17-7)5(15)11-8-13-10-4-16-8/h4H,2-3H2,1H3,(H,9,14)(H,11,13,15). The van der Waals surface area contributed by atoms with Crippen molar-refractivity contribution in [2.24, 2.45) is 0 Å². The van der Waals surface area contributed by atoms with E-state index >= 15 is 0 Å². The van der Waals surface area contributed by atoms with E-state index in [2.05, 4.69) is 38.0 Å². The van der Waals surface area contributed by atoms with Crippen LogP contribution in [-0.2, 0) is 0 Å². The summed E-state index contributed by atoms with van der Waals surface area (Å²) in [5.74, 6) is -0.316. The van der Waals surface area contributed by atoms with Crippen molar-refractivity contribution < 1.29 is 4.79 Å². The molecule has 0 saturated carbocycles. The number of hydrogen-bond donors (Lipinski definition) is 2. The van der Waals surface area contributed by atoms with Crippen LogP contribution < -0.4 is 10.6 Å². The second kappa shape index (κ2) is 5.64. The first-order chi connectivity index (χ1) is 8.29. The summed E-state index contributed by atoms with van der Waals surface area (Å²) in [6.45, 7) is 2.86. The number of rotatable bonds is 5. The number of carbonyl (C=O) groups excluding carboxylic acids is 1. The van der Waals surface area contributed by atoms with Gasteiger partial charge in [0.2, 0.25) is 15.3 Å². The summed E-state index contributed by atoms with van der Waals surface area (Å²) in [7, 11) is 0. The van der Waals surface area contributed by atoms with Gasteiger partial charge in [-0.3, -0.25) is 10.1 Å². The molecule has 0 radical (unpaired) electrons. The summed E-state index contributed by atoms with van der Waals surface area (Å²) in [6.07, 6.45) is 0.992. The molecule has 0 unspecified atom stereocenters. The van der Waals surface area contributed by atoms with Gasteiger partial charge in [-0.1, -0.05) is 29.6 Å². The molecule has 1 amide bonds. The van der Waals surface area contributed by atoms with Gasteiger partial charge in [0, 0.05) is 6.54 Å².